The summed E-state index contributed by atoms with van der Waals surface area (Å²) in [6, 6.07) is 10.9. The third kappa shape index (κ3) is 3.85. The number of fused-ring (bicyclic) bond motifs is 2. The van der Waals surface area contributed by atoms with Crippen molar-refractivity contribution >= 4 is 32.5 Å². The van der Waals surface area contributed by atoms with Crippen LogP contribution in [-0.4, -0.2) is 30.7 Å². The largest absolute Gasteiger partial charge is 0.326 e. The predicted molar refractivity (Wildman–Crippen MR) is 117 cm³/mol. The fourth-order valence-corrected chi connectivity index (χ4v) is 5.10. The normalized spacial score (nSPS) is 15.8. The van der Waals surface area contributed by atoms with E-state index in [9.17, 15) is 13.2 Å². The number of carbonyl (C=O) groups excluding carboxylic acids is 1. The number of rotatable bonds is 6. The molecule has 0 bridgehead atoms. The standard InChI is InChI=1S/C22H26N4O3S/c1-15-6-4-7-20-17(15)14-23-26(20)11-5-10-24-30(28,29)16-8-9-19-18(12-16)22(2,3)13-21(27)25-19/h4,6-9,12,14,24H,5,10-11,13H2,1-3H3,(H,25,27). The number of nitrogens with zero attached hydrogens (tertiary/aromatic N) is 2. The number of benzene rings is 2. The van der Waals surface area contributed by atoms with Gasteiger partial charge in [0, 0.05) is 36.0 Å². The van der Waals surface area contributed by atoms with Crippen molar-refractivity contribution in [3.63, 3.8) is 0 Å². The average molecular weight is 427 g/mol. The van der Waals surface area contributed by atoms with Gasteiger partial charge in [0.2, 0.25) is 15.9 Å². The van der Waals surface area contributed by atoms with E-state index in [1.807, 2.05) is 49.8 Å². The first-order chi connectivity index (χ1) is 14.2. The maximum Gasteiger partial charge on any atom is 0.240 e. The SMILES string of the molecule is Cc1cccc2c1cnn2CCCNS(=O)(=O)c1ccc2c(c1)C(C)(C)CC(=O)N2. The van der Waals surface area contributed by atoms with Crippen LogP contribution in [-0.2, 0) is 26.8 Å². The second kappa shape index (κ2) is 7.52. The lowest BCUT2D eigenvalue weighted by atomic mass is 9.78. The molecule has 8 heteroatoms. The van der Waals surface area contributed by atoms with Crippen LogP contribution in [0.4, 0.5) is 5.69 Å². The van der Waals surface area contributed by atoms with Gasteiger partial charge in [-0.05, 0) is 48.7 Å². The minimum Gasteiger partial charge on any atom is -0.326 e. The number of sulfonamides is 1. The summed E-state index contributed by atoms with van der Waals surface area (Å²) in [5, 5.41) is 8.35. The highest BCUT2D eigenvalue weighted by atomic mass is 32.2. The summed E-state index contributed by atoms with van der Waals surface area (Å²) in [6.45, 7) is 6.88. The molecule has 3 aromatic rings. The molecule has 0 saturated heterocycles. The lowest BCUT2D eigenvalue weighted by Gasteiger charge is -2.32. The van der Waals surface area contributed by atoms with Crippen molar-refractivity contribution in [1.29, 1.82) is 0 Å². The highest BCUT2D eigenvalue weighted by Gasteiger charge is 2.33. The number of aromatic nitrogens is 2. The molecule has 0 aliphatic carbocycles. The van der Waals surface area contributed by atoms with Crippen LogP contribution in [0.15, 0.2) is 47.5 Å². The first kappa shape index (κ1) is 20.6. The Bertz CT molecular complexity index is 1230. The van der Waals surface area contributed by atoms with Gasteiger partial charge in [-0.1, -0.05) is 26.0 Å². The van der Waals surface area contributed by atoms with Gasteiger partial charge in [0.1, 0.15) is 0 Å². The van der Waals surface area contributed by atoms with E-state index < -0.39 is 15.4 Å². The van der Waals surface area contributed by atoms with Crippen LogP contribution >= 0.6 is 0 Å². The molecule has 2 aromatic carbocycles. The molecule has 158 valence electrons. The molecular weight excluding hydrogens is 400 g/mol. The van der Waals surface area contributed by atoms with Crippen molar-refractivity contribution in [3.8, 4) is 0 Å². The topological polar surface area (TPSA) is 93.1 Å². The summed E-state index contributed by atoms with van der Waals surface area (Å²) in [5.41, 5.74) is 3.32. The molecule has 0 saturated carbocycles. The molecule has 30 heavy (non-hydrogen) atoms. The highest BCUT2D eigenvalue weighted by Crippen LogP contribution is 2.38. The van der Waals surface area contributed by atoms with Gasteiger partial charge in [0.25, 0.3) is 0 Å². The number of carbonyl (C=O) groups is 1. The Kier molecular flexibility index (Phi) is 5.15. The zero-order valence-electron chi connectivity index (χ0n) is 17.4. The van der Waals surface area contributed by atoms with Crippen LogP contribution in [0, 0.1) is 6.92 Å². The number of aryl methyl sites for hydroxylation is 2. The van der Waals surface area contributed by atoms with Crippen molar-refractivity contribution in [2.45, 2.75) is 50.5 Å². The molecule has 1 aliphatic heterocycles. The molecule has 1 amide bonds. The number of hydrogen-bond donors (Lipinski definition) is 2. The molecule has 0 radical (unpaired) electrons. The van der Waals surface area contributed by atoms with Gasteiger partial charge < -0.3 is 5.32 Å². The number of nitrogens with one attached hydrogen (secondary N) is 2. The monoisotopic (exact) mass is 426 g/mol. The Morgan fingerprint density at radius 2 is 2.03 bits per heavy atom. The summed E-state index contributed by atoms with van der Waals surface area (Å²) < 4.78 is 30.2. The van der Waals surface area contributed by atoms with E-state index in [2.05, 4.69) is 15.1 Å². The van der Waals surface area contributed by atoms with Crippen LogP contribution in [0.3, 0.4) is 0 Å². The molecule has 0 atom stereocenters. The van der Waals surface area contributed by atoms with Gasteiger partial charge in [0.15, 0.2) is 0 Å². The summed E-state index contributed by atoms with van der Waals surface area (Å²) in [6.07, 6.45) is 2.80. The smallest absolute Gasteiger partial charge is 0.240 e. The van der Waals surface area contributed by atoms with Crippen LogP contribution < -0.4 is 10.0 Å². The van der Waals surface area contributed by atoms with Crippen molar-refractivity contribution in [3.05, 3.63) is 53.7 Å². The molecule has 1 aliphatic rings. The molecule has 0 spiro atoms. The zero-order chi connectivity index (χ0) is 21.5. The van der Waals surface area contributed by atoms with Gasteiger partial charge in [-0.25, -0.2) is 13.1 Å². The number of hydrogen-bond acceptors (Lipinski definition) is 4. The minimum absolute atomic E-state index is 0.0532. The lowest BCUT2D eigenvalue weighted by Crippen LogP contribution is -2.33. The third-order valence-electron chi connectivity index (χ3n) is 5.65. The molecule has 0 fully saturated rings. The summed E-state index contributed by atoms with van der Waals surface area (Å²) >= 11 is 0. The van der Waals surface area contributed by atoms with Gasteiger partial charge in [-0.15, -0.1) is 0 Å². The van der Waals surface area contributed by atoms with Gasteiger partial charge in [-0.2, -0.15) is 5.10 Å². The fourth-order valence-electron chi connectivity index (χ4n) is 4.00. The van der Waals surface area contributed by atoms with Crippen molar-refractivity contribution in [1.82, 2.24) is 14.5 Å². The quantitative estimate of drug-likeness (QED) is 0.591. The van der Waals surface area contributed by atoms with E-state index in [4.69, 9.17) is 0 Å². The summed E-state index contributed by atoms with van der Waals surface area (Å²) in [5.74, 6) is -0.0532. The fraction of sp³-hybridized carbons (Fsp3) is 0.364. The number of anilines is 1. The molecular formula is C22H26N4O3S. The third-order valence-corrected chi connectivity index (χ3v) is 7.11. The molecule has 7 nitrogen and oxygen atoms in total. The zero-order valence-corrected chi connectivity index (χ0v) is 18.2. The Hall–Kier alpha value is -2.71. The molecule has 2 heterocycles. The van der Waals surface area contributed by atoms with Crippen LogP contribution in [0.1, 0.15) is 37.8 Å². The maximum atomic E-state index is 12.8. The van der Waals surface area contributed by atoms with E-state index in [1.165, 1.54) is 11.6 Å². The van der Waals surface area contributed by atoms with Crippen molar-refractivity contribution in [2.75, 3.05) is 11.9 Å². The Morgan fingerprint density at radius 3 is 2.83 bits per heavy atom. The van der Waals surface area contributed by atoms with Crippen molar-refractivity contribution < 1.29 is 13.2 Å². The van der Waals surface area contributed by atoms with Crippen LogP contribution in [0.5, 0.6) is 0 Å². The second-order valence-electron chi connectivity index (χ2n) is 8.44. The van der Waals surface area contributed by atoms with Crippen molar-refractivity contribution in [2.24, 2.45) is 0 Å². The second-order valence-corrected chi connectivity index (χ2v) is 10.2. The van der Waals surface area contributed by atoms with E-state index in [0.29, 0.717) is 31.6 Å². The van der Waals surface area contributed by atoms with Crippen LogP contribution in [0.25, 0.3) is 10.9 Å². The van der Waals surface area contributed by atoms with E-state index >= 15 is 0 Å². The maximum absolute atomic E-state index is 12.8. The Balaban J connectivity index is 1.44. The van der Waals surface area contributed by atoms with E-state index in [-0.39, 0.29) is 10.8 Å². The van der Waals surface area contributed by atoms with E-state index in [1.54, 1.807) is 12.1 Å². The first-order valence-corrected chi connectivity index (χ1v) is 11.5. The van der Waals surface area contributed by atoms with Gasteiger partial charge in [-0.3, -0.25) is 9.48 Å². The Labute approximate surface area is 176 Å². The van der Waals surface area contributed by atoms with Gasteiger partial charge >= 0.3 is 0 Å². The first-order valence-electron chi connectivity index (χ1n) is 10.0. The predicted octanol–water partition coefficient (Wildman–Crippen LogP) is 3.33. The molecule has 4 rings (SSSR count). The molecule has 1 aromatic heterocycles. The average Bonchev–Trinajstić information content (AvgIpc) is 3.09. The summed E-state index contributed by atoms with van der Waals surface area (Å²) in [7, 11) is -3.64. The van der Waals surface area contributed by atoms with Gasteiger partial charge in [0.05, 0.1) is 16.6 Å². The number of amides is 1. The van der Waals surface area contributed by atoms with E-state index in [0.717, 1.165) is 16.5 Å². The van der Waals surface area contributed by atoms with Crippen LogP contribution in [0.2, 0.25) is 0 Å². The Morgan fingerprint density at radius 1 is 1.23 bits per heavy atom. The molecule has 0 unspecified atom stereocenters. The summed E-state index contributed by atoms with van der Waals surface area (Å²) in [4.78, 5) is 12.1. The highest BCUT2D eigenvalue weighted by molar-refractivity contribution is 7.89. The molecule has 2 N–H and O–H groups in total. The minimum atomic E-state index is -3.64. The lowest BCUT2D eigenvalue weighted by molar-refractivity contribution is -0.117.